The minimum absolute atomic E-state index is 0.385. The van der Waals surface area contributed by atoms with Crippen LogP contribution in [0.15, 0.2) is 45.9 Å². The summed E-state index contributed by atoms with van der Waals surface area (Å²) in [6, 6.07) is 12.0. The highest BCUT2D eigenvalue weighted by Gasteiger charge is 2.21. The molecule has 0 spiro atoms. The van der Waals surface area contributed by atoms with E-state index in [0.29, 0.717) is 12.5 Å². The fraction of sp³-hybridized carbons (Fsp3) is 0.333. The maximum Gasteiger partial charge on any atom is 0.158 e. The van der Waals surface area contributed by atoms with E-state index in [9.17, 15) is 0 Å². The molecule has 0 N–H and O–H groups in total. The van der Waals surface area contributed by atoms with E-state index in [2.05, 4.69) is 10.1 Å². The Balaban J connectivity index is 1.60. The summed E-state index contributed by atoms with van der Waals surface area (Å²) < 4.78 is 10.6. The first-order valence-corrected chi connectivity index (χ1v) is 6.50. The summed E-state index contributed by atoms with van der Waals surface area (Å²) in [7, 11) is 0. The summed E-state index contributed by atoms with van der Waals surface area (Å²) in [5.41, 5.74) is 2.08. The number of benzene rings is 1. The topological polar surface area (TPSA) is 47.6 Å². The van der Waals surface area contributed by atoms with E-state index in [1.807, 2.05) is 42.6 Å². The SMILES string of the molecule is C(=NCc1cc(C2CCOC2)no1)c1ccccc1. The number of nitrogens with zero attached hydrogens (tertiary/aromatic N) is 2. The molecule has 0 bridgehead atoms. The Kier molecular flexibility index (Phi) is 3.70. The van der Waals surface area contributed by atoms with Crippen molar-refractivity contribution in [2.45, 2.75) is 18.9 Å². The fourth-order valence-corrected chi connectivity index (χ4v) is 2.14. The quantitative estimate of drug-likeness (QED) is 0.790. The molecule has 4 nitrogen and oxygen atoms in total. The third-order valence-corrected chi connectivity index (χ3v) is 3.21. The van der Waals surface area contributed by atoms with Crippen molar-refractivity contribution in [3.8, 4) is 0 Å². The highest BCUT2D eigenvalue weighted by molar-refractivity contribution is 5.79. The van der Waals surface area contributed by atoms with Gasteiger partial charge in [-0.25, -0.2) is 0 Å². The Morgan fingerprint density at radius 2 is 2.21 bits per heavy atom. The monoisotopic (exact) mass is 256 g/mol. The molecule has 3 rings (SSSR count). The smallest absolute Gasteiger partial charge is 0.158 e. The molecule has 98 valence electrons. The third kappa shape index (κ3) is 3.09. The van der Waals surface area contributed by atoms with Gasteiger partial charge in [0.1, 0.15) is 0 Å². The van der Waals surface area contributed by atoms with Gasteiger partial charge in [0.15, 0.2) is 5.76 Å². The fourth-order valence-electron chi connectivity index (χ4n) is 2.14. The summed E-state index contributed by atoms with van der Waals surface area (Å²) in [5.74, 6) is 1.18. The molecule has 2 aromatic rings. The molecule has 1 unspecified atom stereocenters. The second-order valence-electron chi connectivity index (χ2n) is 4.66. The molecule has 0 radical (unpaired) electrons. The number of rotatable bonds is 4. The average molecular weight is 256 g/mol. The van der Waals surface area contributed by atoms with Crippen LogP contribution in [0.1, 0.15) is 29.4 Å². The maximum absolute atomic E-state index is 5.35. The largest absolute Gasteiger partial charge is 0.381 e. The molecule has 1 saturated heterocycles. The van der Waals surface area contributed by atoms with E-state index >= 15 is 0 Å². The number of aliphatic imine (C=N–C) groups is 1. The lowest BCUT2D eigenvalue weighted by molar-refractivity contribution is 0.193. The molecule has 2 heterocycles. The van der Waals surface area contributed by atoms with Crippen LogP contribution in [0.3, 0.4) is 0 Å². The van der Waals surface area contributed by atoms with Crippen LogP contribution in [0, 0.1) is 0 Å². The summed E-state index contributed by atoms with van der Waals surface area (Å²) in [6.07, 6.45) is 2.88. The molecular formula is C15H16N2O2. The van der Waals surface area contributed by atoms with Gasteiger partial charge in [-0.05, 0) is 12.0 Å². The summed E-state index contributed by atoms with van der Waals surface area (Å²) >= 11 is 0. The van der Waals surface area contributed by atoms with E-state index < -0.39 is 0 Å². The van der Waals surface area contributed by atoms with Crippen molar-refractivity contribution in [2.75, 3.05) is 13.2 Å². The van der Waals surface area contributed by atoms with Crippen LogP contribution in [0.4, 0.5) is 0 Å². The molecule has 0 aliphatic carbocycles. The molecule has 1 atom stereocenters. The van der Waals surface area contributed by atoms with Crippen molar-refractivity contribution in [3.05, 3.63) is 53.4 Å². The molecule has 1 fully saturated rings. The van der Waals surface area contributed by atoms with Gasteiger partial charge in [-0.1, -0.05) is 35.5 Å². The van der Waals surface area contributed by atoms with E-state index in [-0.39, 0.29) is 0 Å². The standard InChI is InChI=1S/C15H16N2O2/c1-2-4-12(5-3-1)9-16-10-14-8-15(17-19-14)13-6-7-18-11-13/h1-5,8-9,13H,6-7,10-11H2. The summed E-state index contributed by atoms with van der Waals surface area (Å²) in [4.78, 5) is 4.36. The van der Waals surface area contributed by atoms with Gasteiger partial charge in [0, 0.05) is 24.8 Å². The summed E-state index contributed by atoms with van der Waals surface area (Å²) in [6.45, 7) is 2.09. The molecule has 1 aliphatic heterocycles. The van der Waals surface area contributed by atoms with Gasteiger partial charge in [0.25, 0.3) is 0 Å². The number of ether oxygens (including phenoxy) is 1. The van der Waals surface area contributed by atoms with Gasteiger partial charge in [-0.15, -0.1) is 0 Å². The van der Waals surface area contributed by atoms with Crippen LogP contribution in [0.25, 0.3) is 0 Å². The highest BCUT2D eigenvalue weighted by Crippen LogP contribution is 2.24. The first kappa shape index (κ1) is 12.1. The van der Waals surface area contributed by atoms with Gasteiger partial charge in [-0.3, -0.25) is 4.99 Å². The Morgan fingerprint density at radius 3 is 3.00 bits per heavy atom. The van der Waals surface area contributed by atoms with Gasteiger partial charge in [0.2, 0.25) is 0 Å². The molecule has 0 amide bonds. The second kappa shape index (κ2) is 5.80. The second-order valence-corrected chi connectivity index (χ2v) is 4.66. The van der Waals surface area contributed by atoms with Crippen LogP contribution in [-0.4, -0.2) is 24.6 Å². The third-order valence-electron chi connectivity index (χ3n) is 3.21. The number of hydrogen-bond donors (Lipinski definition) is 0. The Hall–Kier alpha value is -1.94. The maximum atomic E-state index is 5.35. The molecule has 0 saturated carbocycles. The van der Waals surface area contributed by atoms with Gasteiger partial charge < -0.3 is 9.26 Å². The van der Waals surface area contributed by atoms with Crippen LogP contribution in [0.2, 0.25) is 0 Å². The van der Waals surface area contributed by atoms with Crippen LogP contribution >= 0.6 is 0 Å². The molecule has 1 aromatic carbocycles. The van der Waals surface area contributed by atoms with Crippen molar-refractivity contribution in [1.82, 2.24) is 5.16 Å². The predicted molar refractivity (Wildman–Crippen MR) is 72.4 cm³/mol. The lowest BCUT2D eigenvalue weighted by atomic mass is 10.1. The number of aromatic nitrogens is 1. The zero-order chi connectivity index (χ0) is 12.9. The Bertz CT molecular complexity index is 542. The molecule has 1 aromatic heterocycles. The molecular weight excluding hydrogens is 240 g/mol. The molecule has 1 aliphatic rings. The van der Waals surface area contributed by atoms with E-state index in [1.54, 1.807) is 0 Å². The predicted octanol–water partition coefficient (Wildman–Crippen LogP) is 2.80. The summed E-state index contributed by atoms with van der Waals surface area (Å²) in [5, 5.41) is 4.09. The van der Waals surface area contributed by atoms with Crippen molar-refractivity contribution in [1.29, 1.82) is 0 Å². The Morgan fingerprint density at radius 1 is 1.32 bits per heavy atom. The molecule has 19 heavy (non-hydrogen) atoms. The lowest BCUT2D eigenvalue weighted by Crippen LogP contribution is -1.96. The minimum atomic E-state index is 0.385. The van der Waals surface area contributed by atoms with Crippen molar-refractivity contribution in [2.24, 2.45) is 4.99 Å². The van der Waals surface area contributed by atoms with Crippen molar-refractivity contribution < 1.29 is 9.26 Å². The first-order chi connectivity index (χ1) is 9.42. The van der Waals surface area contributed by atoms with Crippen LogP contribution in [-0.2, 0) is 11.3 Å². The minimum Gasteiger partial charge on any atom is -0.381 e. The van der Waals surface area contributed by atoms with E-state index in [0.717, 1.165) is 36.7 Å². The van der Waals surface area contributed by atoms with Crippen LogP contribution < -0.4 is 0 Å². The van der Waals surface area contributed by atoms with Gasteiger partial charge in [-0.2, -0.15) is 0 Å². The first-order valence-electron chi connectivity index (χ1n) is 6.50. The van der Waals surface area contributed by atoms with E-state index in [1.165, 1.54) is 0 Å². The van der Waals surface area contributed by atoms with Crippen molar-refractivity contribution >= 4 is 6.21 Å². The van der Waals surface area contributed by atoms with Crippen LogP contribution in [0.5, 0.6) is 0 Å². The number of hydrogen-bond acceptors (Lipinski definition) is 4. The van der Waals surface area contributed by atoms with Crippen molar-refractivity contribution in [3.63, 3.8) is 0 Å². The Labute approximate surface area is 112 Å². The highest BCUT2D eigenvalue weighted by atomic mass is 16.5. The van der Waals surface area contributed by atoms with E-state index in [4.69, 9.17) is 9.26 Å². The normalized spacial score (nSPS) is 19.3. The molecule has 4 heteroatoms. The zero-order valence-corrected chi connectivity index (χ0v) is 10.7. The van der Waals surface area contributed by atoms with Gasteiger partial charge in [0.05, 0.1) is 18.8 Å². The lowest BCUT2D eigenvalue weighted by Gasteiger charge is -1.98. The zero-order valence-electron chi connectivity index (χ0n) is 10.7. The van der Waals surface area contributed by atoms with Gasteiger partial charge >= 0.3 is 0 Å². The average Bonchev–Trinajstić information content (AvgIpc) is 3.10.